The highest BCUT2D eigenvalue weighted by Gasteiger charge is 2.34. The van der Waals surface area contributed by atoms with E-state index in [9.17, 15) is 13.2 Å². The second kappa shape index (κ2) is 7.05. The third-order valence-corrected chi connectivity index (χ3v) is 7.41. The van der Waals surface area contributed by atoms with Gasteiger partial charge in [0.15, 0.2) is 0 Å². The van der Waals surface area contributed by atoms with Crippen LogP contribution in [0.15, 0.2) is 47.6 Å². The summed E-state index contributed by atoms with van der Waals surface area (Å²) in [7, 11) is -3.54. The van der Waals surface area contributed by atoms with Crippen molar-refractivity contribution in [1.82, 2.24) is 9.29 Å². The van der Waals surface area contributed by atoms with E-state index in [4.69, 9.17) is 0 Å². The van der Waals surface area contributed by atoms with Crippen LogP contribution in [0.25, 0.3) is 0 Å². The maximum absolute atomic E-state index is 13.0. The number of hydrogen-bond acceptors (Lipinski definition) is 4. The summed E-state index contributed by atoms with van der Waals surface area (Å²) in [6, 6.07) is 8.65. The molecule has 7 heteroatoms. The van der Waals surface area contributed by atoms with Crippen molar-refractivity contribution in [2.45, 2.75) is 37.0 Å². The molecule has 1 aromatic carbocycles. The van der Waals surface area contributed by atoms with Gasteiger partial charge in [-0.1, -0.05) is 0 Å². The minimum absolute atomic E-state index is 0.0971. The van der Waals surface area contributed by atoms with Gasteiger partial charge in [0, 0.05) is 50.1 Å². The minimum atomic E-state index is -3.54. The molecular formula is C20H23N3O3S. The Balaban J connectivity index is 1.52. The van der Waals surface area contributed by atoms with Crippen LogP contribution in [0.5, 0.6) is 0 Å². The van der Waals surface area contributed by atoms with E-state index in [1.807, 2.05) is 19.2 Å². The van der Waals surface area contributed by atoms with Crippen LogP contribution in [-0.4, -0.2) is 43.2 Å². The summed E-state index contributed by atoms with van der Waals surface area (Å²) in [5.41, 5.74) is 3.04. The first-order valence-corrected chi connectivity index (χ1v) is 10.7. The summed E-state index contributed by atoms with van der Waals surface area (Å²) in [6.45, 7) is 3.71. The molecule has 0 saturated carbocycles. The molecule has 1 unspecified atom stereocenters. The Morgan fingerprint density at radius 3 is 2.56 bits per heavy atom. The van der Waals surface area contributed by atoms with Crippen molar-refractivity contribution < 1.29 is 13.2 Å². The minimum Gasteiger partial charge on any atom is -0.312 e. The lowest BCUT2D eigenvalue weighted by molar-refractivity contribution is -0.117. The summed E-state index contributed by atoms with van der Waals surface area (Å²) in [5, 5.41) is 0. The van der Waals surface area contributed by atoms with Crippen molar-refractivity contribution >= 4 is 21.6 Å². The van der Waals surface area contributed by atoms with Crippen molar-refractivity contribution in [3.05, 3.63) is 53.9 Å². The highest BCUT2D eigenvalue weighted by atomic mass is 32.2. The molecule has 2 aliphatic rings. The van der Waals surface area contributed by atoms with Crippen molar-refractivity contribution in [1.29, 1.82) is 0 Å². The summed E-state index contributed by atoms with van der Waals surface area (Å²) in [5.74, 6) is 0.273. The third kappa shape index (κ3) is 3.37. The first kappa shape index (κ1) is 18.1. The van der Waals surface area contributed by atoms with Crippen LogP contribution < -0.4 is 4.90 Å². The Morgan fingerprint density at radius 1 is 1.11 bits per heavy atom. The number of benzene rings is 1. The molecule has 2 aromatic rings. The molecule has 27 heavy (non-hydrogen) atoms. The predicted molar refractivity (Wildman–Crippen MR) is 103 cm³/mol. The molecule has 1 amide bonds. The van der Waals surface area contributed by atoms with Gasteiger partial charge in [-0.3, -0.25) is 9.78 Å². The summed E-state index contributed by atoms with van der Waals surface area (Å²) < 4.78 is 27.6. The molecule has 0 spiro atoms. The molecule has 6 nitrogen and oxygen atoms in total. The number of nitrogens with zero attached hydrogens (tertiary/aromatic N) is 3. The smallest absolute Gasteiger partial charge is 0.243 e. The second-order valence-electron chi connectivity index (χ2n) is 7.22. The van der Waals surface area contributed by atoms with Gasteiger partial charge >= 0.3 is 0 Å². The number of aryl methyl sites for hydroxylation is 1. The summed E-state index contributed by atoms with van der Waals surface area (Å²) in [4.78, 5) is 18.0. The molecule has 0 aliphatic carbocycles. The van der Waals surface area contributed by atoms with Crippen molar-refractivity contribution in [2.24, 2.45) is 0 Å². The van der Waals surface area contributed by atoms with Gasteiger partial charge in [0.25, 0.3) is 0 Å². The number of carbonyl (C=O) groups is 1. The average Bonchev–Trinajstić information content (AvgIpc) is 3.32. The van der Waals surface area contributed by atoms with Gasteiger partial charge in [-0.2, -0.15) is 4.31 Å². The van der Waals surface area contributed by atoms with Crippen molar-refractivity contribution in [3.8, 4) is 0 Å². The number of rotatable bonds is 4. The standard InChI is InChI=1S/C20H23N3O3S/c1-15-8-10-21-13-19(15)16-9-12-22(14-16)27(25,26)18-6-4-17(5-7-18)23-11-2-3-20(23)24/h4-8,10,13,16H,2-3,9,11-12,14H2,1H3. The Bertz CT molecular complexity index is 957. The molecule has 4 rings (SSSR count). The van der Waals surface area contributed by atoms with Crippen molar-refractivity contribution in [3.63, 3.8) is 0 Å². The fraction of sp³-hybridized carbons (Fsp3) is 0.400. The van der Waals surface area contributed by atoms with Gasteiger partial charge in [0.05, 0.1) is 4.90 Å². The zero-order chi connectivity index (χ0) is 19.0. The Labute approximate surface area is 159 Å². The summed E-state index contributed by atoms with van der Waals surface area (Å²) >= 11 is 0. The van der Waals surface area contributed by atoms with Crippen LogP contribution in [0, 0.1) is 6.92 Å². The number of amides is 1. The number of carbonyl (C=O) groups excluding carboxylic acids is 1. The molecule has 1 aromatic heterocycles. The number of pyridine rings is 1. The van der Waals surface area contributed by atoms with E-state index >= 15 is 0 Å². The van der Waals surface area contributed by atoms with E-state index in [0.717, 1.165) is 29.7 Å². The third-order valence-electron chi connectivity index (χ3n) is 5.53. The number of sulfonamides is 1. The zero-order valence-electron chi connectivity index (χ0n) is 15.3. The van der Waals surface area contributed by atoms with Gasteiger partial charge in [-0.05, 0) is 61.2 Å². The van der Waals surface area contributed by atoms with Gasteiger partial charge in [0.1, 0.15) is 0 Å². The van der Waals surface area contributed by atoms with E-state index in [1.165, 1.54) is 0 Å². The fourth-order valence-corrected chi connectivity index (χ4v) is 5.47. The molecule has 0 bridgehead atoms. The molecule has 3 heterocycles. The number of hydrogen-bond donors (Lipinski definition) is 0. The highest BCUT2D eigenvalue weighted by Crippen LogP contribution is 2.33. The largest absolute Gasteiger partial charge is 0.312 e. The molecular weight excluding hydrogens is 362 g/mol. The maximum atomic E-state index is 13.0. The quantitative estimate of drug-likeness (QED) is 0.811. The molecule has 2 fully saturated rings. The average molecular weight is 385 g/mol. The van der Waals surface area contributed by atoms with E-state index in [2.05, 4.69) is 4.98 Å². The van der Waals surface area contributed by atoms with Crippen LogP contribution in [0.2, 0.25) is 0 Å². The molecule has 0 radical (unpaired) electrons. The van der Waals surface area contributed by atoms with Crippen LogP contribution in [0.1, 0.15) is 36.3 Å². The number of aromatic nitrogens is 1. The van der Waals surface area contributed by atoms with Crippen LogP contribution in [-0.2, 0) is 14.8 Å². The molecule has 0 N–H and O–H groups in total. The molecule has 1 atom stereocenters. The van der Waals surface area contributed by atoms with Gasteiger partial charge in [0.2, 0.25) is 15.9 Å². The van der Waals surface area contributed by atoms with E-state index in [0.29, 0.717) is 26.1 Å². The molecule has 142 valence electrons. The monoisotopic (exact) mass is 385 g/mol. The van der Waals surface area contributed by atoms with Crippen molar-refractivity contribution in [2.75, 3.05) is 24.5 Å². The fourth-order valence-electron chi connectivity index (χ4n) is 3.97. The van der Waals surface area contributed by atoms with Crippen LogP contribution in [0.4, 0.5) is 5.69 Å². The van der Waals surface area contributed by atoms with E-state index in [-0.39, 0.29) is 16.7 Å². The maximum Gasteiger partial charge on any atom is 0.243 e. The second-order valence-corrected chi connectivity index (χ2v) is 9.16. The lowest BCUT2D eigenvalue weighted by Gasteiger charge is -2.19. The summed E-state index contributed by atoms with van der Waals surface area (Å²) in [6.07, 6.45) is 5.81. The van der Waals surface area contributed by atoms with Crippen LogP contribution in [0.3, 0.4) is 0 Å². The normalized spacial score (nSPS) is 21.1. The lowest BCUT2D eigenvalue weighted by atomic mass is 9.96. The SMILES string of the molecule is Cc1ccncc1C1CCN(S(=O)(=O)c2ccc(N3CCCC3=O)cc2)C1. The Hall–Kier alpha value is -2.25. The molecule has 2 aliphatic heterocycles. The highest BCUT2D eigenvalue weighted by molar-refractivity contribution is 7.89. The molecule has 2 saturated heterocycles. The first-order valence-electron chi connectivity index (χ1n) is 9.28. The number of anilines is 1. The van der Waals surface area contributed by atoms with E-state index < -0.39 is 10.0 Å². The van der Waals surface area contributed by atoms with Gasteiger partial charge < -0.3 is 4.90 Å². The van der Waals surface area contributed by atoms with Gasteiger partial charge in [-0.15, -0.1) is 0 Å². The van der Waals surface area contributed by atoms with E-state index in [1.54, 1.807) is 39.7 Å². The van der Waals surface area contributed by atoms with Crippen LogP contribution >= 0.6 is 0 Å². The Kier molecular flexibility index (Phi) is 4.74. The first-order chi connectivity index (χ1) is 13.0. The predicted octanol–water partition coefficient (Wildman–Crippen LogP) is 2.70. The van der Waals surface area contributed by atoms with Gasteiger partial charge in [-0.25, -0.2) is 8.42 Å². The Morgan fingerprint density at radius 2 is 1.89 bits per heavy atom. The topological polar surface area (TPSA) is 70.6 Å². The zero-order valence-corrected chi connectivity index (χ0v) is 16.2. The lowest BCUT2D eigenvalue weighted by Crippen LogP contribution is -2.29.